The van der Waals surface area contributed by atoms with Gasteiger partial charge in [-0.1, -0.05) is 24.3 Å². The second-order valence-electron chi connectivity index (χ2n) is 3.82. The molecule has 0 saturated heterocycles. The number of hydrogen-bond acceptors (Lipinski definition) is 4. The fourth-order valence-corrected chi connectivity index (χ4v) is 1.60. The molecule has 1 atom stereocenters. The lowest BCUT2D eigenvalue weighted by molar-refractivity contribution is -0.144. The molecule has 4 nitrogen and oxygen atoms in total. The van der Waals surface area contributed by atoms with Crippen molar-refractivity contribution in [1.29, 1.82) is 0 Å². The molecule has 1 rings (SSSR count). The highest BCUT2D eigenvalue weighted by Crippen LogP contribution is 2.08. The van der Waals surface area contributed by atoms with Crippen LogP contribution in [0.1, 0.15) is 18.1 Å². The molecule has 1 unspecified atom stereocenters. The van der Waals surface area contributed by atoms with Crippen LogP contribution in [0.3, 0.4) is 0 Å². The Morgan fingerprint density at radius 1 is 1.41 bits per heavy atom. The third-order valence-corrected chi connectivity index (χ3v) is 2.35. The SMILES string of the molecule is CCOC(=O)C(N)Cc1cccc(COC)c1. The van der Waals surface area contributed by atoms with Crippen LogP contribution >= 0.6 is 0 Å². The molecule has 0 aliphatic carbocycles. The monoisotopic (exact) mass is 237 g/mol. The minimum atomic E-state index is -0.604. The average Bonchev–Trinajstić information content (AvgIpc) is 2.30. The molecule has 0 bridgehead atoms. The first-order valence-electron chi connectivity index (χ1n) is 5.66. The number of esters is 1. The van der Waals surface area contributed by atoms with E-state index in [9.17, 15) is 4.79 Å². The molecule has 0 amide bonds. The lowest BCUT2D eigenvalue weighted by atomic mass is 10.0. The van der Waals surface area contributed by atoms with Crippen LogP contribution in [0.25, 0.3) is 0 Å². The van der Waals surface area contributed by atoms with Gasteiger partial charge < -0.3 is 15.2 Å². The van der Waals surface area contributed by atoms with Crippen molar-refractivity contribution in [3.63, 3.8) is 0 Å². The van der Waals surface area contributed by atoms with Crippen molar-refractivity contribution in [3.05, 3.63) is 35.4 Å². The van der Waals surface area contributed by atoms with Gasteiger partial charge >= 0.3 is 5.97 Å². The van der Waals surface area contributed by atoms with Crippen molar-refractivity contribution in [2.45, 2.75) is 26.0 Å². The first-order chi connectivity index (χ1) is 8.17. The molecule has 94 valence electrons. The third kappa shape index (κ3) is 4.54. The van der Waals surface area contributed by atoms with E-state index in [1.807, 2.05) is 24.3 Å². The number of benzene rings is 1. The molecule has 1 aromatic rings. The Bertz CT molecular complexity index is 365. The Labute approximate surface area is 102 Å². The maximum absolute atomic E-state index is 11.4. The summed E-state index contributed by atoms with van der Waals surface area (Å²) >= 11 is 0. The zero-order valence-corrected chi connectivity index (χ0v) is 10.3. The van der Waals surface area contributed by atoms with Crippen LogP contribution in [-0.4, -0.2) is 25.7 Å². The summed E-state index contributed by atoms with van der Waals surface area (Å²) in [7, 11) is 1.65. The largest absolute Gasteiger partial charge is 0.465 e. The number of carbonyl (C=O) groups excluding carboxylic acids is 1. The fourth-order valence-electron chi connectivity index (χ4n) is 1.60. The Morgan fingerprint density at radius 3 is 2.76 bits per heavy atom. The van der Waals surface area contributed by atoms with Crippen molar-refractivity contribution < 1.29 is 14.3 Å². The molecule has 2 N–H and O–H groups in total. The molecular formula is C13H19NO3. The van der Waals surface area contributed by atoms with Gasteiger partial charge in [0.1, 0.15) is 6.04 Å². The van der Waals surface area contributed by atoms with E-state index in [1.165, 1.54) is 0 Å². The Hall–Kier alpha value is -1.39. The van der Waals surface area contributed by atoms with E-state index in [0.717, 1.165) is 11.1 Å². The molecular weight excluding hydrogens is 218 g/mol. The molecule has 0 aliphatic rings. The maximum atomic E-state index is 11.4. The van der Waals surface area contributed by atoms with Gasteiger partial charge in [0.05, 0.1) is 13.2 Å². The lowest BCUT2D eigenvalue weighted by Gasteiger charge is -2.11. The highest BCUT2D eigenvalue weighted by atomic mass is 16.5. The quantitative estimate of drug-likeness (QED) is 0.757. The molecule has 0 aromatic heterocycles. The number of nitrogens with two attached hydrogens (primary N) is 1. The summed E-state index contributed by atoms with van der Waals surface area (Å²) in [5.41, 5.74) is 7.84. The number of hydrogen-bond donors (Lipinski definition) is 1. The zero-order valence-electron chi connectivity index (χ0n) is 10.3. The van der Waals surface area contributed by atoms with Crippen LogP contribution in [-0.2, 0) is 27.3 Å². The van der Waals surface area contributed by atoms with Crippen LogP contribution in [0.15, 0.2) is 24.3 Å². The van der Waals surface area contributed by atoms with Crippen LogP contribution in [0.2, 0.25) is 0 Å². The number of ether oxygens (including phenoxy) is 2. The van der Waals surface area contributed by atoms with E-state index in [0.29, 0.717) is 19.6 Å². The molecule has 0 heterocycles. The summed E-state index contributed by atoms with van der Waals surface area (Å²) in [6, 6.07) is 7.23. The van der Waals surface area contributed by atoms with E-state index < -0.39 is 6.04 Å². The summed E-state index contributed by atoms with van der Waals surface area (Å²) in [4.78, 5) is 11.4. The molecule has 0 spiro atoms. The molecule has 0 aliphatic heterocycles. The topological polar surface area (TPSA) is 61.5 Å². The normalized spacial score (nSPS) is 12.2. The van der Waals surface area contributed by atoms with Crippen LogP contribution in [0.4, 0.5) is 0 Å². The minimum absolute atomic E-state index is 0.357. The molecule has 0 saturated carbocycles. The summed E-state index contributed by atoms with van der Waals surface area (Å²) in [5, 5.41) is 0. The van der Waals surface area contributed by atoms with Gasteiger partial charge in [-0.05, 0) is 24.5 Å². The van der Waals surface area contributed by atoms with Crippen molar-refractivity contribution in [2.75, 3.05) is 13.7 Å². The Morgan fingerprint density at radius 2 is 2.12 bits per heavy atom. The van der Waals surface area contributed by atoms with Gasteiger partial charge in [-0.2, -0.15) is 0 Å². The van der Waals surface area contributed by atoms with E-state index in [2.05, 4.69) is 0 Å². The van der Waals surface area contributed by atoms with Gasteiger partial charge in [0, 0.05) is 7.11 Å². The highest BCUT2D eigenvalue weighted by molar-refractivity contribution is 5.75. The predicted octanol–water partition coefficient (Wildman–Crippen LogP) is 1.27. The average molecular weight is 237 g/mol. The smallest absolute Gasteiger partial charge is 0.323 e. The van der Waals surface area contributed by atoms with Crippen LogP contribution < -0.4 is 5.73 Å². The minimum Gasteiger partial charge on any atom is -0.465 e. The zero-order chi connectivity index (χ0) is 12.7. The lowest BCUT2D eigenvalue weighted by Crippen LogP contribution is -2.34. The predicted molar refractivity (Wildman–Crippen MR) is 65.5 cm³/mol. The van der Waals surface area contributed by atoms with Crippen molar-refractivity contribution in [3.8, 4) is 0 Å². The van der Waals surface area contributed by atoms with Crippen molar-refractivity contribution in [1.82, 2.24) is 0 Å². The van der Waals surface area contributed by atoms with Crippen molar-refractivity contribution >= 4 is 5.97 Å². The Kier molecular flexibility index (Phi) is 5.66. The third-order valence-electron chi connectivity index (χ3n) is 2.35. The number of carbonyl (C=O) groups is 1. The highest BCUT2D eigenvalue weighted by Gasteiger charge is 2.14. The van der Waals surface area contributed by atoms with Crippen LogP contribution in [0, 0.1) is 0 Å². The van der Waals surface area contributed by atoms with E-state index in [4.69, 9.17) is 15.2 Å². The summed E-state index contributed by atoms with van der Waals surface area (Å²) in [5.74, 6) is -0.357. The Balaban J connectivity index is 2.61. The van der Waals surface area contributed by atoms with E-state index in [1.54, 1.807) is 14.0 Å². The summed E-state index contributed by atoms with van der Waals surface area (Å²) in [6.45, 7) is 2.68. The molecule has 0 fully saturated rings. The standard InChI is InChI=1S/C13H19NO3/c1-3-17-13(15)12(14)8-10-5-4-6-11(7-10)9-16-2/h4-7,12H,3,8-9,14H2,1-2H3. The van der Waals surface area contributed by atoms with Crippen molar-refractivity contribution in [2.24, 2.45) is 5.73 Å². The van der Waals surface area contributed by atoms with E-state index in [-0.39, 0.29) is 5.97 Å². The second kappa shape index (κ2) is 7.04. The van der Waals surface area contributed by atoms with Gasteiger partial charge in [-0.15, -0.1) is 0 Å². The van der Waals surface area contributed by atoms with Gasteiger partial charge in [0.25, 0.3) is 0 Å². The first kappa shape index (κ1) is 13.7. The van der Waals surface area contributed by atoms with E-state index >= 15 is 0 Å². The first-order valence-corrected chi connectivity index (χ1v) is 5.66. The second-order valence-corrected chi connectivity index (χ2v) is 3.82. The van der Waals surface area contributed by atoms with Gasteiger partial charge in [0.15, 0.2) is 0 Å². The molecule has 4 heteroatoms. The summed E-state index contributed by atoms with van der Waals surface area (Å²) < 4.78 is 9.92. The molecule has 17 heavy (non-hydrogen) atoms. The van der Waals surface area contributed by atoms with Crippen LogP contribution in [0.5, 0.6) is 0 Å². The number of methoxy groups -OCH3 is 1. The fraction of sp³-hybridized carbons (Fsp3) is 0.462. The van der Waals surface area contributed by atoms with Gasteiger partial charge in [0.2, 0.25) is 0 Å². The molecule has 0 radical (unpaired) electrons. The maximum Gasteiger partial charge on any atom is 0.323 e. The number of rotatable bonds is 6. The van der Waals surface area contributed by atoms with Gasteiger partial charge in [-0.3, -0.25) is 4.79 Å². The molecule has 1 aromatic carbocycles. The van der Waals surface area contributed by atoms with Gasteiger partial charge in [-0.25, -0.2) is 0 Å². The summed E-state index contributed by atoms with van der Waals surface area (Å²) in [6.07, 6.45) is 0.483.